The predicted octanol–water partition coefficient (Wildman–Crippen LogP) is 23.0. The molecule has 2 aliphatic heterocycles. The fourth-order valence-corrected chi connectivity index (χ4v) is 17.0. The van der Waals surface area contributed by atoms with Gasteiger partial charge in [-0.15, -0.1) is 0 Å². The number of benzene rings is 12. The van der Waals surface area contributed by atoms with Gasteiger partial charge in [0.1, 0.15) is 0 Å². The van der Waals surface area contributed by atoms with E-state index in [0.717, 1.165) is 18.5 Å². The summed E-state index contributed by atoms with van der Waals surface area (Å²) in [4.78, 5) is 10.2. The summed E-state index contributed by atoms with van der Waals surface area (Å²) in [6, 6.07) is 92.5. The predicted molar refractivity (Wildman–Crippen MR) is 357 cm³/mol. The van der Waals surface area contributed by atoms with E-state index in [1.54, 1.807) is 0 Å². The summed E-state index contributed by atoms with van der Waals surface area (Å²) < 4.78 is 0. The first-order valence-electron chi connectivity index (χ1n) is 29.5. The second kappa shape index (κ2) is 18.7. The molecule has 0 unspecified atom stereocenters. The highest BCUT2D eigenvalue weighted by atomic mass is 32.2. The van der Waals surface area contributed by atoms with Crippen molar-refractivity contribution in [3.63, 3.8) is 0 Å². The van der Waals surface area contributed by atoms with Crippen LogP contribution in [0.3, 0.4) is 0 Å². The van der Waals surface area contributed by atoms with Crippen LogP contribution in [0.5, 0.6) is 0 Å². The van der Waals surface area contributed by atoms with Crippen LogP contribution in [-0.4, -0.2) is 0 Å². The molecule has 0 saturated heterocycles. The monoisotopic (exact) mass is 1110 g/mol. The zero-order valence-electron chi connectivity index (χ0n) is 47.4. The molecule has 84 heavy (non-hydrogen) atoms. The van der Waals surface area contributed by atoms with E-state index < -0.39 is 0 Å². The molecule has 12 aromatic rings. The molecule has 2 heterocycles. The van der Waals surface area contributed by atoms with E-state index in [9.17, 15) is 0 Å². The van der Waals surface area contributed by atoms with Crippen LogP contribution < -0.4 is 9.80 Å². The first kappa shape index (κ1) is 49.5. The topological polar surface area (TPSA) is 6.48 Å². The van der Waals surface area contributed by atoms with Crippen LogP contribution in [0.15, 0.2) is 280 Å². The van der Waals surface area contributed by atoms with Crippen molar-refractivity contribution in [2.24, 2.45) is 0 Å². The molecular weight excluding hydrogens is 1050 g/mol. The summed E-state index contributed by atoms with van der Waals surface area (Å²) in [5.41, 5.74) is 27.7. The Kier molecular flexibility index (Phi) is 11.0. The van der Waals surface area contributed by atoms with Gasteiger partial charge in [0.2, 0.25) is 0 Å². The summed E-state index contributed by atoms with van der Waals surface area (Å²) in [6.45, 7) is 9.53. The Morgan fingerprint density at radius 3 is 1.30 bits per heavy atom. The van der Waals surface area contributed by atoms with Crippen molar-refractivity contribution in [1.82, 2.24) is 0 Å². The second-order valence-electron chi connectivity index (χ2n) is 24.3. The summed E-state index contributed by atoms with van der Waals surface area (Å²) >= 11 is 3.75. The second-order valence-corrected chi connectivity index (χ2v) is 26.4. The van der Waals surface area contributed by atoms with E-state index in [0.29, 0.717) is 0 Å². The van der Waals surface area contributed by atoms with Gasteiger partial charge in [-0.1, -0.05) is 221 Å². The summed E-state index contributed by atoms with van der Waals surface area (Å²) in [7, 11) is 0. The van der Waals surface area contributed by atoms with E-state index >= 15 is 0 Å². The molecule has 0 fully saturated rings. The van der Waals surface area contributed by atoms with Crippen LogP contribution in [0.1, 0.15) is 62.8 Å². The molecule has 0 aromatic heterocycles. The van der Waals surface area contributed by atoms with Crippen molar-refractivity contribution in [2.75, 3.05) is 9.80 Å². The number of para-hydroxylation sites is 3. The minimum absolute atomic E-state index is 0.112. The highest BCUT2D eigenvalue weighted by Crippen LogP contribution is 2.57. The minimum atomic E-state index is -0.112. The van der Waals surface area contributed by atoms with Crippen LogP contribution in [0.25, 0.3) is 88.3 Å². The average molecular weight is 1110 g/mol. The van der Waals surface area contributed by atoms with Gasteiger partial charge in [0.05, 0.1) is 17.1 Å². The summed E-state index contributed by atoms with van der Waals surface area (Å²) in [6.07, 6.45) is 6.68. The Morgan fingerprint density at radius 2 is 0.762 bits per heavy atom. The third-order valence-electron chi connectivity index (χ3n) is 18.9. The standard InChI is InChI=1S/C80H58N2S2/c1-79(2)65-25-7-5-23-57(65)59-39-35-51(45-67(59)79)49-19-17-21-53(43-49)77-61-41-37-56(82-71-29-11-15-33-75(71)84-76-34-16-12-30-72(76)82)48-64(61)78(54-22-18-20-50(44-54)52-36-40-60-58-24-6-8-26-66(58)80(3,4)68(60)46-52)62-42-38-55(47-63(62)77)81-69-27-9-13-31-73(69)83-74-32-14-10-28-70(74)81/h5-11,13-29,31-48H,12,30H2,1-4H3. The van der Waals surface area contributed by atoms with Gasteiger partial charge in [0.25, 0.3) is 0 Å². The zero-order chi connectivity index (χ0) is 56.0. The van der Waals surface area contributed by atoms with Crippen molar-refractivity contribution >= 4 is 73.5 Å². The van der Waals surface area contributed by atoms with Gasteiger partial charge < -0.3 is 9.80 Å². The Morgan fingerprint density at radius 1 is 0.333 bits per heavy atom. The number of nitrogens with zero attached hydrogens (tertiary/aromatic N) is 2. The van der Waals surface area contributed by atoms with E-state index in [-0.39, 0.29) is 10.8 Å². The number of hydrogen-bond acceptors (Lipinski definition) is 4. The fourth-order valence-electron chi connectivity index (χ4n) is 14.8. The maximum absolute atomic E-state index is 2.57. The van der Waals surface area contributed by atoms with Crippen LogP contribution >= 0.6 is 23.5 Å². The molecule has 2 nitrogen and oxygen atoms in total. The number of thioether (sulfide) groups is 1. The van der Waals surface area contributed by atoms with E-state index in [1.807, 2.05) is 23.5 Å². The first-order chi connectivity index (χ1) is 41.2. The largest absolute Gasteiger partial charge is 0.312 e. The van der Waals surface area contributed by atoms with Gasteiger partial charge in [0.15, 0.2) is 0 Å². The molecule has 12 aromatic carbocycles. The molecule has 5 aliphatic rings. The Balaban J connectivity index is 0.933. The van der Waals surface area contributed by atoms with Crippen LogP contribution in [-0.2, 0) is 10.8 Å². The molecule has 0 saturated carbocycles. The lowest BCUT2D eigenvalue weighted by Crippen LogP contribution is -2.22. The van der Waals surface area contributed by atoms with Gasteiger partial charge >= 0.3 is 0 Å². The molecule has 400 valence electrons. The van der Waals surface area contributed by atoms with Gasteiger partial charge in [-0.25, -0.2) is 0 Å². The van der Waals surface area contributed by atoms with Crippen LogP contribution in [0.4, 0.5) is 28.4 Å². The summed E-state index contributed by atoms with van der Waals surface area (Å²) in [5.74, 6) is 0. The lowest BCUT2D eigenvalue weighted by Gasteiger charge is -2.36. The van der Waals surface area contributed by atoms with Crippen molar-refractivity contribution in [2.45, 2.75) is 66.1 Å². The lowest BCUT2D eigenvalue weighted by atomic mass is 9.81. The molecule has 0 spiro atoms. The minimum Gasteiger partial charge on any atom is -0.312 e. The Bertz CT molecular complexity index is 4830. The molecule has 0 N–H and O–H groups in total. The molecule has 0 atom stereocenters. The number of allylic oxidation sites excluding steroid dienone is 3. The van der Waals surface area contributed by atoms with Crippen LogP contribution in [0, 0.1) is 0 Å². The van der Waals surface area contributed by atoms with Crippen molar-refractivity contribution in [3.8, 4) is 66.8 Å². The maximum Gasteiger partial charge on any atom is 0.0601 e. The quantitative estimate of drug-likeness (QED) is 0.153. The smallest absolute Gasteiger partial charge is 0.0601 e. The molecule has 4 heteroatoms. The molecule has 3 aliphatic carbocycles. The van der Waals surface area contributed by atoms with E-state index in [2.05, 4.69) is 292 Å². The Hall–Kier alpha value is -9.06. The normalized spacial score (nSPS) is 15.5. The van der Waals surface area contributed by atoms with E-state index in [1.165, 1.54) is 159 Å². The van der Waals surface area contributed by atoms with Gasteiger partial charge in [-0.2, -0.15) is 0 Å². The molecule has 0 radical (unpaired) electrons. The van der Waals surface area contributed by atoms with Crippen molar-refractivity contribution < 1.29 is 0 Å². The van der Waals surface area contributed by atoms with Crippen LogP contribution in [0.2, 0.25) is 0 Å². The Labute approximate surface area is 500 Å². The molecule has 0 amide bonds. The zero-order valence-corrected chi connectivity index (χ0v) is 49.0. The van der Waals surface area contributed by atoms with Gasteiger partial charge in [0, 0.05) is 47.5 Å². The first-order valence-corrected chi connectivity index (χ1v) is 31.2. The SMILES string of the molecule is CC1(C)c2ccccc2-c2ccc(-c3cccc(-c4c5ccc(N6c7ccccc7Sc7ccccc76)cc5c(-c5cccc(-c6ccc7c(c6)C(C)(C)c6ccccc6-7)c5)c5ccc(N6C7=C(C=CCC7)Sc7ccccc76)cc45)c3)cc21. The maximum atomic E-state index is 2.57. The molecule has 17 rings (SSSR count). The lowest BCUT2D eigenvalue weighted by molar-refractivity contribution is 0.660. The third kappa shape index (κ3) is 7.46. The number of anilines is 5. The molecule has 0 bridgehead atoms. The molecular formula is C80H58N2S2. The highest BCUT2D eigenvalue weighted by molar-refractivity contribution is 8.03. The van der Waals surface area contributed by atoms with Crippen molar-refractivity contribution in [3.05, 3.63) is 288 Å². The average Bonchev–Trinajstić information content (AvgIpc) is 2.27. The van der Waals surface area contributed by atoms with Gasteiger partial charge in [-0.05, 0) is 208 Å². The third-order valence-corrected chi connectivity index (χ3v) is 21.2. The van der Waals surface area contributed by atoms with E-state index in [4.69, 9.17) is 0 Å². The van der Waals surface area contributed by atoms with Crippen molar-refractivity contribution in [1.29, 1.82) is 0 Å². The fraction of sp³-hybridized carbons (Fsp3) is 0.100. The summed E-state index contributed by atoms with van der Waals surface area (Å²) in [5, 5.41) is 4.87. The van der Waals surface area contributed by atoms with Gasteiger partial charge in [-0.3, -0.25) is 0 Å². The number of rotatable bonds is 6. The number of hydrogen-bond donors (Lipinski definition) is 0. The number of fused-ring (bicyclic) bond motifs is 11. The highest BCUT2D eigenvalue weighted by Gasteiger charge is 2.37.